The first kappa shape index (κ1) is 23.7. The number of halogens is 1. The minimum atomic E-state index is -0.00461. The second-order valence-corrected chi connectivity index (χ2v) is 6.76. The zero-order valence-corrected chi connectivity index (χ0v) is 19.0. The first-order valence-corrected chi connectivity index (χ1v) is 9.49. The number of nitrogens with zero attached hydrogens (tertiary/aromatic N) is 2. The molecule has 152 valence electrons. The fourth-order valence-electron chi connectivity index (χ4n) is 3.16. The number of hydrogen-bond acceptors (Lipinski definition) is 3. The highest BCUT2D eigenvalue weighted by Crippen LogP contribution is 2.16. The van der Waals surface area contributed by atoms with Gasteiger partial charge in [-0.15, -0.1) is 24.0 Å². The van der Waals surface area contributed by atoms with Gasteiger partial charge in [0, 0.05) is 51.8 Å². The fourth-order valence-corrected chi connectivity index (χ4v) is 3.16. The van der Waals surface area contributed by atoms with Crippen LogP contribution in [-0.2, 0) is 11.3 Å². The van der Waals surface area contributed by atoms with Crippen molar-refractivity contribution in [1.82, 2.24) is 15.5 Å². The number of methoxy groups -OCH3 is 1. The van der Waals surface area contributed by atoms with Gasteiger partial charge in [0.25, 0.3) is 5.91 Å². The Labute approximate surface area is 180 Å². The zero-order chi connectivity index (χ0) is 18.8. The summed E-state index contributed by atoms with van der Waals surface area (Å²) < 4.78 is 5.26. The van der Waals surface area contributed by atoms with Crippen molar-refractivity contribution in [2.45, 2.75) is 32.7 Å². The average Bonchev–Trinajstić information content (AvgIpc) is 3.12. The van der Waals surface area contributed by atoms with E-state index in [4.69, 9.17) is 4.74 Å². The van der Waals surface area contributed by atoms with E-state index in [1.807, 2.05) is 31.3 Å². The monoisotopic (exact) mass is 488 g/mol. The number of aliphatic imine (C=N–C) groups is 1. The predicted molar refractivity (Wildman–Crippen MR) is 121 cm³/mol. The van der Waals surface area contributed by atoms with E-state index in [-0.39, 0.29) is 29.9 Å². The zero-order valence-electron chi connectivity index (χ0n) is 16.7. The number of carbonyl (C=O) groups is 1. The largest absolute Gasteiger partial charge is 0.384 e. The molecule has 2 N–H and O–H groups in total. The summed E-state index contributed by atoms with van der Waals surface area (Å²) in [4.78, 5) is 18.7. The van der Waals surface area contributed by atoms with Crippen LogP contribution >= 0.6 is 24.0 Å². The van der Waals surface area contributed by atoms with Crippen LogP contribution in [0.4, 0.5) is 0 Å². The number of rotatable bonds is 8. The van der Waals surface area contributed by atoms with Crippen LogP contribution in [0.5, 0.6) is 0 Å². The van der Waals surface area contributed by atoms with Gasteiger partial charge in [0.05, 0.1) is 6.61 Å². The second kappa shape index (κ2) is 12.9. The van der Waals surface area contributed by atoms with Gasteiger partial charge in [-0.3, -0.25) is 9.79 Å². The predicted octanol–water partition coefficient (Wildman–Crippen LogP) is 2.88. The van der Waals surface area contributed by atoms with Crippen LogP contribution in [0.3, 0.4) is 0 Å². The Balaban J connectivity index is 0.00000364. The van der Waals surface area contributed by atoms with Crippen molar-refractivity contribution < 1.29 is 9.53 Å². The Morgan fingerprint density at radius 3 is 2.67 bits per heavy atom. The molecule has 0 saturated carbocycles. The normalized spacial score (nSPS) is 16.8. The van der Waals surface area contributed by atoms with Gasteiger partial charge >= 0.3 is 0 Å². The molecule has 1 aromatic carbocycles. The van der Waals surface area contributed by atoms with Crippen LogP contribution in [0.25, 0.3) is 0 Å². The van der Waals surface area contributed by atoms with E-state index >= 15 is 0 Å². The molecule has 1 amide bonds. The van der Waals surface area contributed by atoms with E-state index in [1.165, 1.54) is 0 Å². The van der Waals surface area contributed by atoms with Gasteiger partial charge in [0.2, 0.25) is 0 Å². The highest BCUT2D eigenvalue weighted by Gasteiger charge is 2.24. The summed E-state index contributed by atoms with van der Waals surface area (Å²) in [5, 5.41) is 6.36. The van der Waals surface area contributed by atoms with Gasteiger partial charge in [-0.05, 0) is 30.5 Å². The molecule has 7 heteroatoms. The third kappa shape index (κ3) is 7.65. The summed E-state index contributed by atoms with van der Waals surface area (Å²) in [6.45, 7) is 6.32. The summed E-state index contributed by atoms with van der Waals surface area (Å²) >= 11 is 0. The minimum Gasteiger partial charge on any atom is -0.384 e. The van der Waals surface area contributed by atoms with Crippen LogP contribution in [0.2, 0.25) is 0 Å². The molecule has 1 heterocycles. The summed E-state index contributed by atoms with van der Waals surface area (Å²) in [6.07, 6.45) is 3.22. The van der Waals surface area contributed by atoms with Crippen LogP contribution in [0.1, 0.15) is 42.1 Å². The van der Waals surface area contributed by atoms with Gasteiger partial charge < -0.3 is 20.3 Å². The summed E-state index contributed by atoms with van der Waals surface area (Å²) in [5.41, 5.74) is 1.83. The first-order chi connectivity index (χ1) is 12.7. The first-order valence-electron chi connectivity index (χ1n) is 9.49. The Morgan fingerprint density at radius 1 is 1.30 bits per heavy atom. The van der Waals surface area contributed by atoms with E-state index in [1.54, 1.807) is 7.11 Å². The number of amides is 1. The molecule has 27 heavy (non-hydrogen) atoms. The van der Waals surface area contributed by atoms with Crippen LogP contribution in [-0.4, -0.2) is 57.2 Å². The van der Waals surface area contributed by atoms with Crippen molar-refractivity contribution in [2.24, 2.45) is 10.9 Å². The van der Waals surface area contributed by atoms with Gasteiger partial charge in [-0.2, -0.15) is 0 Å². The van der Waals surface area contributed by atoms with Crippen LogP contribution in [0, 0.1) is 5.92 Å². The number of likely N-dealkylation sites (tertiary alicyclic amines) is 1. The SMILES string of the molecule is CCCCNC(=O)c1ccc(CNC(=NC)N2CCC(COC)C2)cc1.I. The summed E-state index contributed by atoms with van der Waals surface area (Å²) in [5.74, 6) is 1.49. The molecule has 0 spiro atoms. The quantitative estimate of drug-likeness (QED) is 0.256. The summed E-state index contributed by atoms with van der Waals surface area (Å²) in [7, 11) is 3.57. The summed E-state index contributed by atoms with van der Waals surface area (Å²) in [6, 6.07) is 7.75. The molecule has 1 aromatic rings. The van der Waals surface area contributed by atoms with Crippen LogP contribution < -0.4 is 10.6 Å². The van der Waals surface area contributed by atoms with Gasteiger partial charge in [-0.1, -0.05) is 25.5 Å². The number of unbranched alkanes of at least 4 members (excludes halogenated alkanes) is 1. The molecule has 1 unspecified atom stereocenters. The second-order valence-electron chi connectivity index (χ2n) is 6.76. The van der Waals surface area contributed by atoms with Crippen molar-refractivity contribution in [3.8, 4) is 0 Å². The fraction of sp³-hybridized carbons (Fsp3) is 0.600. The number of ether oxygens (including phenoxy) is 1. The average molecular weight is 488 g/mol. The highest BCUT2D eigenvalue weighted by molar-refractivity contribution is 14.0. The third-order valence-corrected chi connectivity index (χ3v) is 4.68. The number of nitrogens with one attached hydrogen (secondary N) is 2. The molecule has 6 nitrogen and oxygen atoms in total. The molecule has 1 aliphatic heterocycles. The van der Waals surface area contributed by atoms with Crippen molar-refractivity contribution in [1.29, 1.82) is 0 Å². The molecule has 0 aliphatic carbocycles. The Bertz CT molecular complexity index is 592. The van der Waals surface area contributed by atoms with E-state index in [2.05, 4.69) is 27.4 Å². The Kier molecular flexibility index (Phi) is 11.3. The maximum Gasteiger partial charge on any atom is 0.251 e. The molecular weight excluding hydrogens is 455 g/mol. The lowest BCUT2D eigenvalue weighted by molar-refractivity contribution is 0.0953. The maximum absolute atomic E-state index is 12.0. The van der Waals surface area contributed by atoms with Crippen molar-refractivity contribution in [3.05, 3.63) is 35.4 Å². The Hall–Kier alpha value is -1.35. The molecule has 0 radical (unpaired) electrons. The molecule has 0 aromatic heterocycles. The van der Waals surface area contributed by atoms with Crippen molar-refractivity contribution >= 4 is 35.8 Å². The molecule has 1 saturated heterocycles. The third-order valence-electron chi connectivity index (χ3n) is 4.68. The lowest BCUT2D eigenvalue weighted by Crippen LogP contribution is -2.39. The lowest BCUT2D eigenvalue weighted by Gasteiger charge is -2.21. The Morgan fingerprint density at radius 2 is 2.04 bits per heavy atom. The van der Waals surface area contributed by atoms with E-state index < -0.39 is 0 Å². The molecule has 1 fully saturated rings. The number of guanidine groups is 1. The highest BCUT2D eigenvalue weighted by atomic mass is 127. The lowest BCUT2D eigenvalue weighted by atomic mass is 10.1. The number of carbonyl (C=O) groups excluding carboxylic acids is 1. The molecule has 2 rings (SSSR count). The topological polar surface area (TPSA) is 66.0 Å². The standard InChI is InChI=1S/C20H32N4O2.HI/c1-4-5-11-22-19(25)18-8-6-16(7-9-18)13-23-20(21-2)24-12-10-17(14-24)15-26-3;/h6-9,17H,4-5,10-15H2,1-3H3,(H,21,23)(H,22,25);1H. The smallest absolute Gasteiger partial charge is 0.251 e. The number of benzene rings is 1. The van der Waals surface area contributed by atoms with E-state index in [9.17, 15) is 4.79 Å². The minimum absolute atomic E-state index is 0. The van der Waals surface area contributed by atoms with Crippen molar-refractivity contribution in [2.75, 3.05) is 40.4 Å². The van der Waals surface area contributed by atoms with Crippen molar-refractivity contribution in [3.63, 3.8) is 0 Å². The van der Waals surface area contributed by atoms with E-state index in [0.717, 1.165) is 57.0 Å². The van der Waals surface area contributed by atoms with Crippen LogP contribution in [0.15, 0.2) is 29.3 Å². The van der Waals surface area contributed by atoms with E-state index in [0.29, 0.717) is 18.0 Å². The molecule has 1 atom stereocenters. The molecule has 0 bridgehead atoms. The van der Waals surface area contributed by atoms with Gasteiger partial charge in [0.1, 0.15) is 0 Å². The molecule has 1 aliphatic rings. The molecular formula is C20H33IN4O2. The maximum atomic E-state index is 12.0. The number of hydrogen-bond donors (Lipinski definition) is 2. The van der Waals surface area contributed by atoms with Gasteiger partial charge in [-0.25, -0.2) is 0 Å². The van der Waals surface area contributed by atoms with Gasteiger partial charge in [0.15, 0.2) is 5.96 Å².